The zero-order valence-corrected chi connectivity index (χ0v) is 13.9. The largest absolute Gasteiger partial charge is 0.383 e. The Morgan fingerprint density at radius 3 is 2.50 bits per heavy atom. The van der Waals surface area contributed by atoms with E-state index in [-0.39, 0.29) is 5.41 Å². The van der Waals surface area contributed by atoms with Crippen LogP contribution in [0.25, 0.3) is 0 Å². The molecule has 1 aromatic heterocycles. The van der Waals surface area contributed by atoms with E-state index in [9.17, 15) is 0 Å². The first-order valence-corrected chi connectivity index (χ1v) is 7.17. The molecule has 4 nitrogen and oxygen atoms in total. The van der Waals surface area contributed by atoms with Gasteiger partial charge >= 0.3 is 0 Å². The van der Waals surface area contributed by atoms with Crippen LogP contribution in [0.15, 0.2) is 12.1 Å². The summed E-state index contributed by atoms with van der Waals surface area (Å²) in [5.74, 6) is 1.01. The minimum absolute atomic E-state index is 0.0455. The van der Waals surface area contributed by atoms with E-state index >= 15 is 0 Å². The molecule has 1 rings (SSSR count). The van der Waals surface area contributed by atoms with Crippen molar-refractivity contribution in [2.45, 2.75) is 45.7 Å². The van der Waals surface area contributed by atoms with Crippen LogP contribution in [0.5, 0.6) is 0 Å². The molecule has 1 aromatic rings. The van der Waals surface area contributed by atoms with Crippen LogP contribution in [0.2, 0.25) is 0 Å². The minimum Gasteiger partial charge on any atom is -0.383 e. The molecule has 114 valence electrons. The first-order valence-electron chi connectivity index (χ1n) is 7.17. The first kappa shape index (κ1) is 16.9. The third-order valence-corrected chi connectivity index (χ3v) is 3.45. The van der Waals surface area contributed by atoms with Crippen molar-refractivity contribution in [2.75, 3.05) is 32.7 Å². The van der Waals surface area contributed by atoms with Crippen molar-refractivity contribution < 1.29 is 4.74 Å². The molecule has 0 amide bonds. The molecule has 1 unspecified atom stereocenters. The maximum atomic E-state index is 5.24. The van der Waals surface area contributed by atoms with Gasteiger partial charge in [-0.2, -0.15) is 0 Å². The SMILES string of the molecule is CNCc1cc(N(C)C(C)COC)nc(C(C)(C)C)c1. The van der Waals surface area contributed by atoms with Gasteiger partial charge in [-0.25, -0.2) is 4.98 Å². The molecule has 0 spiro atoms. The highest BCUT2D eigenvalue weighted by atomic mass is 16.5. The Hall–Kier alpha value is -1.13. The molecule has 0 aliphatic carbocycles. The smallest absolute Gasteiger partial charge is 0.129 e. The van der Waals surface area contributed by atoms with E-state index in [1.54, 1.807) is 7.11 Å². The van der Waals surface area contributed by atoms with E-state index in [0.29, 0.717) is 12.6 Å². The van der Waals surface area contributed by atoms with E-state index in [1.165, 1.54) is 5.56 Å². The van der Waals surface area contributed by atoms with Crippen LogP contribution in [0, 0.1) is 0 Å². The van der Waals surface area contributed by atoms with E-state index in [1.807, 2.05) is 7.05 Å². The van der Waals surface area contributed by atoms with Crippen molar-refractivity contribution >= 4 is 5.82 Å². The van der Waals surface area contributed by atoms with Gasteiger partial charge < -0.3 is 15.0 Å². The number of pyridine rings is 1. The Morgan fingerprint density at radius 1 is 1.35 bits per heavy atom. The lowest BCUT2D eigenvalue weighted by atomic mass is 9.90. The van der Waals surface area contributed by atoms with E-state index < -0.39 is 0 Å². The standard InChI is InChI=1S/C16H29N3O/c1-12(11-20-7)19(6)15-9-13(10-17-5)8-14(18-15)16(2,3)4/h8-9,12,17H,10-11H2,1-7H3. The Morgan fingerprint density at radius 2 is 2.00 bits per heavy atom. The number of aromatic nitrogens is 1. The number of nitrogens with zero attached hydrogens (tertiary/aromatic N) is 2. The Bertz CT molecular complexity index is 426. The summed E-state index contributed by atoms with van der Waals surface area (Å²) in [5.41, 5.74) is 2.43. The molecule has 0 bridgehead atoms. The molecule has 1 heterocycles. The Labute approximate surface area is 123 Å². The highest BCUT2D eigenvalue weighted by Crippen LogP contribution is 2.25. The predicted molar refractivity (Wildman–Crippen MR) is 85.4 cm³/mol. The monoisotopic (exact) mass is 279 g/mol. The second kappa shape index (κ2) is 7.04. The fourth-order valence-electron chi connectivity index (χ4n) is 2.02. The summed E-state index contributed by atoms with van der Waals surface area (Å²) in [6.45, 7) is 10.3. The van der Waals surface area contributed by atoms with Gasteiger partial charge in [0.25, 0.3) is 0 Å². The maximum absolute atomic E-state index is 5.24. The van der Waals surface area contributed by atoms with Crippen molar-refractivity contribution in [1.29, 1.82) is 0 Å². The molecule has 1 atom stereocenters. The van der Waals surface area contributed by atoms with E-state index in [2.05, 4.69) is 57.1 Å². The fraction of sp³-hybridized carbons (Fsp3) is 0.688. The van der Waals surface area contributed by atoms with Gasteiger partial charge in [0, 0.05) is 31.8 Å². The van der Waals surface area contributed by atoms with Crippen molar-refractivity contribution in [3.8, 4) is 0 Å². The normalized spacial score (nSPS) is 13.3. The quantitative estimate of drug-likeness (QED) is 0.868. The first-order chi connectivity index (χ1) is 9.29. The summed E-state index contributed by atoms with van der Waals surface area (Å²) in [4.78, 5) is 7.01. The van der Waals surface area contributed by atoms with Crippen molar-refractivity contribution in [2.24, 2.45) is 0 Å². The summed E-state index contributed by atoms with van der Waals surface area (Å²) in [7, 11) is 5.77. The second-order valence-corrected chi connectivity index (χ2v) is 6.41. The van der Waals surface area contributed by atoms with Gasteiger partial charge in [0.1, 0.15) is 5.82 Å². The lowest BCUT2D eigenvalue weighted by Gasteiger charge is -2.28. The van der Waals surface area contributed by atoms with Crippen molar-refractivity contribution in [3.63, 3.8) is 0 Å². The van der Waals surface area contributed by atoms with Crippen molar-refractivity contribution in [3.05, 3.63) is 23.4 Å². The second-order valence-electron chi connectivity index (χ2n) is 6.41. The Balaban J connectivity index is 3.14. The minimum atomic E-state index is 0.0455. The molecule has 0 fully saturated rings. The lowest BCUT2D eigenvalue weighted by Crippen LogP contribution is -2.34. The van der Waals surface area contributed by atoms with Crippen LogP contribution < -0.4 is 10.2 Å². The van der Waals surface area contributed by atoms with Crippen LogP contribution >= 0.6 is 0 Å². The molecule has 0 aliphatic heterocycles. The average molecular weight is 279 g/mol. The number of hydrogen-bond donors (Lipinski definition) is 1. The molecule has 0 saturated heterocycles. The molecule has 0 radical (unpaired) electrons. The fourth-order valence-corrected chi connectivity index (χ4v) is 2.02. The number of nitrogens with one attached hydrogen (secondary N) is 1. The molecule has 4 heteroatoms. The highest BCUT2D eigenvalue weighted by molar-refractivity contribution is 5.44. The van der Waals surface area contributed by atoms with Gasteiger partial charge in [0.2, 0.25) is 0 Å². The zero-order chi connectivity index (χ0) is 15.3. The van der Waals surface area contributed by atoms with Gasteiger partial charge in [-0.05, 0) is 31.7 Å². The molecule has 0 aliphatic rings. The third-order valence-electron chi connectivity index (χ3n) is 3.45. The molecule has 20 heavy (non-hydrogen) atoms. The van der Waals surface area contributed by atoms with E-state index in [4.69, 9.17) is 9.72 Å². The molecular weight excluding hydrogens is 250 g/mol. The number of anilines is 1. The molecule has 1 N–H and O–H groups in total. The van der Waals surface area contributed by atoms with Gasteiger partial charge in [-0.3, -0.25) is 0 Å². The third kappa shape index (κ3) is 4.46. The predicted octanol–water partition coefficient (Wildman–Crippen LogP) is 2.57. The van der Waals surface area contributed by atoms with Gasteiger partial charge in [0.15, 0.2) is 0 Å². The summed E-state index contributed by atoms with van der Waals surface area (Å²) in [6, 6.07) is 4.64. The summed E-state index contributed by atoms with van der Waals surface area (Å²) in [5, 5.41) is 3.21. The molecule has 0 saturated carbocycles. The number of rotatable bonds is 6. The van der Waals surface area contributed by atoms with Crippen LogP contribution in [-0.2, 0) is 16.7 Å². The van der Waals surface area contributed by atoms with Crippen LogP contribution in [0.4, 0.5) is 5.82 Å². The van der Waals surface area contributed by atoms with Crippen LogP contribution in [-0.4, -0.2) is 38.8 Å². The zero-order valence-electron chi connectivity index (χ0n) is 13.9. The summed E-state index contributed by atoms with van der Waals surface area (Å²) in [6.07, 6.45) is 0. The highest BCUT2D eigenvalue weighted by Gasteiger charge is 2.19. The Kier molecular flexibility index (Phi) is 5.96. The van der Waals surface area contributed by atoms with E-state index in [0.717, 1.165) is 18.1 Å². The molecule has 0 aromatic carbocycles. The lowest BCUT2D eigenvalue weighted by molar-refractivity contribution is 0.183. The van der Waals surface area contributed by atoms with Gasteiger partial charge in [-0.1, -0.05) is 20.8 Å². The molecular formula is C16H29N3O. The summed E-state index contributed by atoms with van der Waals surface area (Å²) < 4.78 is 5.24. The number of methoxy groups -OCH3 is 1. The van der Waals surface area contributed by atoms with Gasteiger partial charge in [-0.15, -0.1) is 0 Å². The average Bonchev–Trinajstić information content (AvgIpc) is 2.37. The van der Waals surface area contributed by atoms with Crippen LogP contribution in [0.1, 0.15) is 39.0 Å². The summed E-state index contributed by atoms with van der Waals surface area (Å²) >= 11 is 0. The van der Waals surface area contributed by atoms with Crippen LogP contribution in [0.3, 0.4) is 0 Å². The maximum Gasteiger partial charge on any atom is 0.129 e. The number of hydrogen-bond acceptors (Lipinski definition) is 4. The van der Waals surface area contributed by atoms with Gasteiger partial charge in [0.05, 0.1) is 12.6 Å². The topological polar surface area (TPSA) is 37.4 Å². The number of ether oxygens (including phenoxy) is 1. The van der Waals surface area contributed by atoms with Crippen molar-refractivity contribution in [1.82, 2.24) is 10.3 Å². The number of likely N-dealkylation sites (N-methyl/N-ethyl adjacent to an activating group) is 1.